The molecule has 2 atom stereocenters. The summed E-state index contributed by atoms with van der Waals surface area (Å²) in [5, 5.41) is 10.3. The smallest absolute Gasteiger partial charge is 0.289 e. The van der Waals surface area contributed by atoms with Crippen LogP contribution in [0, 0.1) is 5.92 Å². The SMILES string of the molecule is O=C(c1nc2ncccc2[nH]1)N1C[C@@H](Cc2ccccn2)[C@H](O)C1. The molecule has 1 aliphatic rings. The van der Waals surface area contributed by atoms with Crippen LogP contribution in [0.25, 0.3) is 11.2 Å². The molecule has 1 saturated heterocycles. The number of pyridine rings is 2. The molecule has 4 heterocycles. The van der Waals surface area contributed by atoms with Crippen LogP contribution in [0.15, 0.2) is 42.7 Å². The predicted octanol–water partition coefficient (Wildman–Crippen LogP) is 1.03. The Morgan fingerprint density at radius 3 is 2.88 bits per heavy atom. The van der Waals surface area contributed by atoms with Crippen molar-refractivity contribution in [1.82, 2.24) is 24.8 Å². The van der Waals surface area contributed by atoms with Crippen molar-refractivity contribution < 1.29 is 9.90 Å². The van der Waals surface area contributed by atoms with Crippen molar-refractivity contribution in [2.24, 2.45) is 5.92 Å². The van der Waals surface area contributed by atoms with Crippen molar-refractivity contribution in [1.29, 1.82) is 0 Å². The Kier molecular flexibility index (Phi) is 3.70. The van der Waals surface area contributed by atoms with Gasteiger partial charge in [-0.25, -0.2) is 9.97 Å². The number of carbonyl (C=O) groups excluding carboxylic acids is 1. The van der Waals surface area contributed by atoms with E-state index in [1.807, 2.05) is 24.3 Å². The number of aromatic nitrogens is 4. The van der Waals surface area contributed by atoms with Crippen LogP contribution in [0.3, 0.4) is 0 Å². The van der Waals surface area contributed by atoms with Gasteiger partial charge in [-0.05, 0) is 30.7 Å². The van der Waals surface area contributed by atoms with E-state index in [4.69, 9.17) is 0 Å². The summed E-state index contributed by atoms with van der Waals surface area (Å²) < 4.78 is 0. The number of aliphatic hydroxyl groups excluding tert-OH is 1. The fraction of sp³-hybridized carbons (Fsp3) is 0.294. The van der Waals surface area contributed by atoms with E-state index in [0.717, 1.165) is 11.2 Å². The summed E-state index contributed by atoms with van der Waals surface area (Å²) in [6.45, 7) is 0.794. The van der Waals surface area contributed by atoms with Crippen LogP contribution < -0.4 is 0 Å². The molecule has 3 aromatic rings. The molecule has 122 valence electrons. The molecule has 0 spiro atoms. The van der Waals surface area contributed by atoms with Crippen molar-refractivity contribution in [3.8, 4) is 0 Å². The van der Waals surface area contributed by atoms with Crippen LogP contribution in [0.1, 0.15) is 16.3 Å². The first-order chi connectivity index (χ1) is 11.7. The van der Waals surface area contributed by atoms with Crippen LogP contribution in [-0.4, -0.2) is 55.0 Å². The molecule has 1 aliphatic heterocycles. The number of hydrogen-bond acceptors (Lipinski definition) is 5. The molecule has 1 fully saturated rings. The molecule has 0 bridgehead atoms. The Morgan fingerprint density at radius 2 is 2.08 bits per heavy atom. The van der Waals surface area contributed by atoms with Gasteiger partial charge in [0.05, 0.1) is 11.6 Å². The quantitative estimate of drug-likeness (QED) is 0.750. The van der Waals surface area contributed by atoms with Gasteiger partial charge in [0.15, 0.2) is 11.5 Å². The topological polar surface area (TPSA) is 95.0 Å². The third-order valence-corrected chi connectivity index (χ3v) is 4.35. The molecule has 3 aromatic heterocycles. The Hall–Kier alpha value is -2.80. The van der Waals surface area contributed by atoms with Crippen LogP contribution >= 0.6 is 0 Å². The predicted molar refractivity (Wildman–Crippen MR) is 87.2 cm³/mol. The van der Waals surface area contributed by atoms with Crippen LogP contribution in [0.4, 0.5) is 0 Å². The second-order valence-electron chi connectivity index (χ2n) is 6.02. The van der Waals surface area contributed by atoms with Gasteiger partial charge in [0.1, 0.15) is 0 Å². The van der Waals surface area contributed by atoms with E-state index in [-0.39, 0.29) is 17.6 Å². The molecule has 7 heteroatoms. The minimum Gasteiger partial charge on any atom is -0.391 e. The highest BCUT2D eigenvalue weighted by Gasteiger charge is 2.35. The van der Waals surface area contributed by atoms with Gasteiger partial charge in [-0.2, -0.15) is 0 Å². The number of hydrogen-bond donors (Lipinski definition) is 2. The summed E-state index contributed by atoms with van der Waals surface area (Å²) in [5.41, 5.74) is 2.17. The van der Waals surface area contributed by atoms with E-state index in [9.17, 15) is 9.90 Å². The summed E-state index contributed by atoms with van der Waals surface area (Å²) in [6, 6.07) is 9.34. The van der Waals surface area contributed by atoms with Gasteiger partial charge in [0.2, 0.25) is 0 Å². The summed E-state index contributed by atoms with van der Waals surface area (Å²) in [6.07, 6.45) is 3.47. The van der Waals surface area contributed by atoms with E-state index in [1.54, 1.807) is 23.4 Å². The van der Waals surface area contributed by atoms with Gasteiger partial charge >= 0.3 is 0 Å². The zero-order chi connectivity index (χ0) is 16.5. The number of aromatic amines is 1. The number of β-amino-alcohol motifs (C(OH)–C–C–N with tert-alkyl or cyclic N) is 1. The van der Waals surface area contributed by atoms with Crippen molar-refractivity contribution in [3.63, 3.8) is 0 Å². The first-order valence-corrected chi connectivity index (χ1v) is 7.88. The maximum Gasteiger partial charge on any atom is 0.289 e. The van der Waals surface area contributed by atoms with Crippen LogP contribution in [-0.2, 0) is 6.42 Å². The number of amides is 1. The largest absolute Gasteiger partial charge is 0.391 e. The van der Waals surface area contributed by atoms with Gasteiger partial charge in [0, 0.05) is 37.1 Å². The third kappa shape index (κ3) is 2.74. The van der Waals surface area contributed by atoms with Crippen molar-refractivity contribution in [2.75, 3.05) is 13.1 Å². The van der Waals surface area contributed by atoms with Crippen molar-refractivity contribution >= 4 is 17.1 Å². The Bertz CT molecular complexity index is 831. The summed E-state index contributed by atoms with van der Waals surface area (Å²) in [5.74, 6) is 0.0244. The monoisotopic (exact) mass is 323 g/mol. The number of imidazole rings is 1. The van der Waals surface area contributed by atoms with Gasteiger partial charge in [-0.3, -0.25) is 9.78 Å². The van der Waals surface area contributed by atoms with Gasteiger partial charge < -0.3 is 15.0 Å². The highest BCUT2D eigenvalue weighted by Crippen LogP contribution is 2.22. The minimum atomic E-state index is -0.557. The van der Waals surface area contributed by atoms with Gasteiger partial charge in [-0.15, -0.1) is 0 Å². The Balaban J connectivity index is 1.49. The van der Waals surface area contributed by atoms with E-state index in [0.29, 0.717) is 25.2 Å². The molecule has 4 rings (SSSR count). The maximum atomic E-state index is 12.6. The highest BCUT2D eigenvalue weighted by molar-refractivity contribution is 5.93. The fourth-order valence-electron chi connectivity index (χ4n) is 3.10. The van der Waals surface area contributed by atoms with Gasteiger partial charge in [0.25, 0.3) is 5.91 Å². The summed E-state index contributed by atoms with van der Waals surface area (Å²) in [4.78, 5) is 29.9. The molecular formula is C17H17N5O2. The number of aliphatic hydroxyl groups is 1. The highest BCUT2D eigenvalue weighted by atomic mass is 16.3. The number of likely N-dealkylation sites (tertiary alicyclic amines) is 1. The lowest BCUT2D eigenvalue weighted by molar-refractivity contribution is 0.0754. The molecule has 0 radical (unpaired) electrons. The summed E-state index contributed by atoms with van der Waals surface area (Å²) in [7, 11) is 0. The van der Waals surface area contributed by atoms with E-state index < -0.39 is 6.10 Å². The van der Waals surface area contributed by atoms with Crippen molar-refractivity contribution in [3.05, 3.63) is 54.2 Å². The number of carbonyl (C=O) groups is 1. The second-order valence-corrected chi connectivity index (χ2v) is 6.02. The lowest BCUT2D eigenvalue weighted by Gasteiger charge is -2.14. The Labute approximate surface area is 138 Å². The second kappa shape index (κ2) is 6.01. The number of H-pyrrole nitrogens is 1. The van der Waals surface area contributed by atoms with Crippen LogP contribution in [0.5, 0.6) is 0 Å². The minimum absolute atomic E-state index is 0.0219. The number of nitrogens with one attached hydrogen (secondary N) is 1. The third-order valence-electron chi connectivity index (χ3n) is 4.35. The zero-order valence-corrected chi connectivity index (χ0v) is 13.0. The normalized spacial score (nSPS) is 20.6. The summed E-state index contributed by atoms with van der Waals surface area (Å²) >= 11 is 0. The number of rotatable bonds is 3. The molecule has 7 nitrogen and oxygen atoms in total. The van der Waals surface area contributed by atoms with Gasteiger partial charge in [-0.1, -0.05) is 6.07 Å². The maximum absolute atomic E-state index is 12.6. The first kappa shape index (κ1) is 14.8. The van der Waals surface area contributed by atoms with E-state index in [2.05, 4.69) is 19.9 Å². The fourth-order valence-corrected chi connectivity index (χ4v) is 3.10. The molecule has 0 unspecified atom stereocenters. The molecule has 0 saturated carbocycles. The molecule has 1 amide bonds. The Morgan fingerprint density at radius 1 is 1.21 bits per heavy atom. The molecular weight excluding hydrogens is 306 g/mol. The van der Waals surface area contributed by atoms with Crippen LogP contribution in [0.2, 0.25) is 0 Å². The molecule has 2 N–H and O–H groups in total. The number of nitrogens with zero attached hydrogens (tertiary/aromatic N) is 4. The first-order valence-electron chi connectivity index (χ1n) is 7.88. The number of fused-ring (bicyclic) bond motifs is 1. The van der Waals surface area contributed by atoms with Crippen molar-refractivity contribution in [2.45, 2.75) is 12.5 Å². The molecule has 0 aromatic carbocycles. The lowest BCUT2D eigenvalue weighted by Crippen LogP contribution is -2.30. The average Bonchev–Trinajstić information content (AvgIpc) is 3.19. The van der Waals surface area contributed by atoms with E-state index in [1.165, 1.54) is 0 Å². The standard InChI is InChI=1S/C17H17N5O2/c23-14-10-22(9-11(14)8-12-4-1-2-6-18-12)17(24)16-20-13-5-3-7-19-15(13)21-16/h1-7,11,14,23H,8-10H2,(H,19,20,21)/t11-,14-/m1/s1. The molecule has 0 aliphatic carbocycles. The zero-order valence-electron chi connectivity index (χ0n) is 13.0. The lowest BCUT2D eigenvalue weighted by atomic mass is 10.00. The average molecular weight is 323 g/mol. The molecule has 24 heavy (non-hydrogen) atoms. The van der Waals surface area contributed by atoms with E-state index >= 15 is 0 Å².